The molecule has 11 nitrogen and oxygen atoms in total. The lowest BCUT2D eigenvalue weighted by atomic mass is 10.0. The van der Waals surface area contributed by atoms with E-state index in [1.807, 2.05) is 18.2 Å². The molecule has 12 heteroatoms. The minimum atomic E-state index is -3.43. The molecule has 2 amide bonds. The molecule has 0 radical (unpaired) electrons. The molecular formula is C30H32N4O7S. The van der Waals surface area contributed by atoms with E-state index in [1.54, 1.807) is 48.0 Å². The van der Waals surface area contributed by atoms with Crippen molar-refractivity contribution in [3.05, 3.63) is 76.2 Å². The van der Waals surface area contributed by atoms with E-state index in [0.717, 1.165) is 6.26 Å². The molecule has 1 fully saturated rings. The van der Waals surface area contributed by atoms with E-state index >= 15 is 0 Å². The van der Waals surface area contributed by atoms with E-state index in [9.17, 15) is 27.6 Å². The minimum Gasteiger partial charge on any atom is -0.493 e. The highest BCUT2D eigenvalue weighted by molar-refractivity contribution is 7.91. The van der Waals surface area contributed by atoms with Gasteiger partial charge in [-0.05, 0) is 18.9 Å². The summed E-state index contributed by atoms with van der Waals surface area (Å²) >= 11 is 0. The predicted octanol–water partition coefficient (Wildman–Crippen LogP) is 2.15. The molecule has 2 aromatic carbocycles. The van der Waals surface area contributed by atoms with Gasteiger partial charge in [0.2, 0.25) is 5.91 Å². The molecule has 0 unspecified atom stereocenters. The second-order valence-electron chi connectivity index (χ2n) is 10.6. The Balaban J connectivity index is 1.49. The summed E-state index contributed by atoms with van der Waals surface area (Å²) in [6.45, 7) is 0.447. The number of hydrogen-bond donors (Lipinski definition) is 1. The number of rotatable bonds is 8. The molecule has 3 heterocycles. The fourth-order valence-corrected chi connectivity index (χ4v) is 6.27. The third-order valence-electron chi connectivity index (χ3n) is 7.64. The van der Waals surface area contributed by atoms with E-state index in [4.69, 9.17) is 4.74 Å². The predicted molar refractivity (Wildman–Crippen MR) is 159 cm³/mol. The number of pyridine rings is 1. The first-order valence-corrected chi connectivity index (χ1v) is 15.6. The number of carbonyl (C=O) groups excluding carboxylic acids is 3. The number of carbonyl (C=O) groups is 3. The van der Waals surface area contributed by atoms with Gasteiger partial charge in [0.05, 0.1) is 24.7 Å². The average Bonchev–Trinajstić information content (AvgIpc) is 3.27. The maximum Gasteiger partial charge on any atom is 0.272 e. The Bertz CT molecular complexity index is 1870. The van der Waals surface area contributed by atoms with Crippen LogP contribution in [0.5, 0.6) is 5.75 Å². The molecule has 220 valence electrons. The van der Waals surface area contributed by atoms with Crippen molar-refractivity contribution in [2.75, 3.05) is 32.2 Å². The first kappa shape index (κ1) is 29.1. The summed E-state index contributed by atoms with van der Waals surface area (Å²) in [7, 11) is -0.347. The Hall–Kier alpha value is -4.45. The van der Waals surface area contributed by atoms with Gasteiger partial charge in [0.25, 0.3) is 11.5 Å². The number of hydrogen-bond acceptors (Lipinski definition) is 7. The second kappa shape index (κ2) is 11.4. The summed E-state index contributed by atoms with van der Waals surface area (Å²) < 4.78 is 31.7. The summed E-state index contributed by atoms with van der Waals surface area (Å²) in [6, 6.07) is 15.7. The number of aryl methyl sites for hydroxylation is 1. The van der Waals surface area contributed by atoms with E-state index in [0.29, 0.717) is 47.9 Å². The fourth-order valence-electron chi connectivity index (χ4n) is 5.64. The Morgan fingerprint density at radius 1 is 1.00 bits per heavy atom. The largest absolute Gasteiger partial charge is 0.493 e. The van der Waals surface area contributed by atoms with Gasteiger partial charge in [-0.1, -0.05) is 48.5 Å². The van der Waals surface area contributed by atoms with Crippen molar-refractivity contribution in [1.82, 2.24) is 19.4 Å². The number of ketones is 1. The van der Waals surface area contributed by atoms with E-state index in [1.165, 1.54) is 16.6 Å². The van der Waals surface area contributed by atoms with Gasteiger partial charge in [-0.3, -0.25) is 23.7 Å². The van der Waals surface area contributed by atoms with Crippen LogP contribution in [-0.2, 0) is 28.2 Å². The summed E-state index contributed by atoms with van der Waals surface area (Å²) in [5, 5.41) is 3.88. The highest BCUT2D eigenvalue weighted by Crippen LogP contribution is 2.35. The van der Waals surface area contributed by atoms with Crippen LogP contribution in [-0.4, -0.2) is 78.3 Å². The Kier molecular flexibility index (Phi) is 7.91. The zero-order valence-corrected chi connectivity index (χ0v) is 24.4. The number of amides is 2. The summed E-state index contributed by atoms with van der Waals surface area (Å²) in [5.74, 6) is -1.55. The van der Waals surface area contributed by atoms with Crippen LogP contribution in [0.4, 0.5) is 0 Å². The first-order chi connectivity index (χ1) is 20.0. The zero-order valence-electron chi connectivity index (χ0n) is 23.6. The number of nitrogens with one attached hydrogen (secondary N) is 1. The van der Waals surface area contributed by atoms with Crippen molar-refractivity contribution >= 4 is 49.2 Å². The van der Waals surface area contributed by atoms with Crippen molar-refractivity contribution in [3.63, 3.8) is 0 Å². The first-order valence-electron chi connectivity index (χ1n) is 13.5. The van der Waals surface area contributed by atoms with Crippen molar-refractivity contribution in [1.29, 1.82) is 0 Å². The molecule has 1 saturated heterocycles. The molecule has 0 saturated carbocycles. The molecule has 42 heavy (non-hydrogen) atoms. The van der Waals surface area contributed by atoms with Gasteiger partial charge < -0.3 is 19.5 Å². The lowest BCUT2D eigenvalue weighted by Gasteiger charge is -2.32. The summed E-state index contributed by atoms with van der Waals surface area (Å²) in [6.07, 6.45) is 1.92. The highest BCUT2D eigenvalue weighted by atomic mass is 32.2. The molecule has 0 bridgehead atoms. The van der Waals surface area contributed by atoms with Gasteiger partial charge in [-0.25, -0.2) is 8.42 Å². The maximum absolute atomic E-state index is 14.0. The summed E-state index contributed by atoms with van der Waals surface area (Å²) in [4.78, 5) is 54.5. The standard InChI is InChI=1S/C30H32N4O7S/c1-32-26-21-11-7-8-12-22(21)34(17-23(35)19-9-5-4-6-10-19)30(38)25(26)28(41-2)27(32)29(37)31-20-13-15-33(16-14-20)24(36)18-42(3,39)40/h4-12,20H,13-18H2,1-3H3,(H,31,37). The third kappa shape index (κ3) is 5.54. The van der Waals surface area contributed by atoms with Gasteiger partial charge in [0.1, 0.15) is 11.1 Å². The second-order valence-corrected chi connectivity index (χ2v) is 12.7. The van der Waals surface area contributed by atoms with Gasteiger partial charge in [0, 0.05) is 43.4 Å². The number of Topliss-reactive ketones (excluding diaryl/α,β-unsaturated/α-hetero) is 1. The number of benzene rings is 2. The van der Waals surface area contributed by atoms with Crippen molar-refractivity contribution in [2.24, 2.45) is 7.05 Å². The Labute approximate surface area is 242 Å². The summed E-state index contributed by atoms with van der Waals surface area (Å²) in [5.41, 5.74) is 1.27. The highest BCUT2D eigenvalue weighted by Gasteiger charge is 2.31. The lowest BCUT2D eigenvalue weighted by Crippen LogP contribution is -2.48. The molecule has 0 spiro atoms. The Morgan fingerprint density at radius 3 is 2.29 bits per heavy atom. The molecule has 0 aliphatic carbocycles. The van der Waals surface area contributed by atoms with Gasteiger partial charge in [-0.15, -0.1) is 0 Å². The number of fused-ring (bicyclic) bond motifs is 3. The van der Waals surface area contributed by atoms with Crippen molar-refractivity contribution in [2.45, 2.75) is 25.4 Å². The molecule has 1 aliphatic heterocycles. The Morgan fingerprint density at radius 2 is 1.64 bits per heavy atom. The van der Waals surface area contributed by atoms with Crippen molar-refractivity contribution in [3.8, 4) is 5.75 Å². The normalized spacial score (nSPS) is 14.3. The number of sulfone groups is 1. The van der Waals surface area contributed by atoms with Crippen LogP contribution in [0.3, 0.4) is 0 Å². The molecular weight excluding hydrogens is 560 g/mol. The van der Waals surface area contributed by atoms with Gasteiger partial charge in [0.15, 0.2) is 27.1 Å². The molecule has 0 atom stereocenters. The SMILES string of the molecule is COc1c(C(=O)NC2CCN(C(=O)CS(C)(=O)=O)CC2)n(C)c2c1c(=O)n(CC(=O)c1ccccc1)c1ccccc21. The minimum absolute atomic E-state index is 0.113. The van der Waals surface area contributed by atoms with Crippen LogP contribution in [0.2, 0.25) is 0 Å². The van der Waals surface area contributed by atoms with Gasteiger partial charge >= 0.3 is 0 Å². The molecule has 1 aliphatic rings. The fraction of sp³-hybridized carbons (Fsp3) is 0.333. The number of piperidine rings is 1. The quantitative estimate of drug-likeness (QED) is 0.310. The van der Waals surface area contributed by atoms with E-state index in [2.05, 4.69) is 5.32 Å². The van der Waals surface area contributed by atoms with E-state index < -0.39 is 33.0 Å². The third-order valence-corrected chi connectivity index (χ3v) is 8.42. The topological polar surface area (TPSA) is 137 Å². The van der Waals surface area contributed by atoms with E-state index in [-0.39, 0.29) is 35.2 Å². The van der Waals surface area contributed by atoms with Crippen LogP contribution in [0.1, 0.15) is 33.7 Å². The average molecular weight is 593 g/mol. The van der Waals surface area contributed by atoms with Crippen LogP contribution in [0.15, 0.2) is 59.4 Å². The smallest absolute Gasteiger partial charge is 0.272 e. The number of methoxy groups -OCH3 is 1. The van der Waals surface area contributed by atoms with Crippen LogP contribution >= 0.6 is 0 Å². The number of likely N-dealkylation sites (tertiary alicyclic amines) is 1. The number of para-hydroxylation sites is 1. The zero-order chi connectivity index (χ0) is 30.2. The van der Waals surface area contributed by atoms with Crippen LogP contribution < -0.4 is 15.6 Å². The monoisotopic (exact) mass is 592 g/mol. The number of aromatic nitrogens is 2. The molecule has 1 N–H and O–H groups in total. The molecule has 2 aromatic heterocycles. The van der Waals surface area contributed by atoms with Crippen molar-refractivity contribution < 1.29 is 27.5 Å². The van der Waals surface area contributed by atoms with Crippen LogP contribution in [0.25, 0.3) is 21.8 Å². The van der Waals surface area contributed by atoms with Crippen LogP contribution in [0, 0.1) is 0 Å². The number of nitrogens with zero attached hydrogens (tertiary/aromatic N) is 3. The molecule has 5 rings (SSSR count). The lowest BCUT2D eigenvalue weighted by molar-refractivity contribution is -0.129. The molecule has 4 aromatic rings. The number of ether oxygens (including phenoxy) is 1. The van der Waals surface area contributed by atoms with Gasteiger partial charge in [-0.2, -0.15) is 0 Å². The maximum atomic E-state index is 14.0.